The van der Waals surface area contributed by atoms with Crippen LogP contribution in [0.4, 0.5) is 0 Å². The molecule has 0 spiro atoms. The summed E-state index contributed by atoms with van der Waals surface area (Å²) >= 11 is 1.65. The summed E-state index contributed by atoms with van der Waals surface area (Å²) in [5, 5.41) is 3.04. The lowest BCUT2D eigenvalue weighted by molar-refractivity contribution is -0.141. The molecule has 1 N–H and O–H groups in total. The van der Waals surface area contributed by atoms with Crippen molar-refractivity contribution in [2.24, 2.45) is 0 Å². The summed E-state index contributed by atoms with van der Waals surface area (Å²) in [6, 6.07) is 17.3. The van der Waals surface area contributed by atoms with Crippen molar-refractivity contribution in [2.45, 2.75) is 63.6 Å². The molecule has 0 aliphatic carbocycles. The minimum atomic E-state index is -0.505. The van der Waals surface area contributed by atoms with Gasteiger partial charge in [-0.05, 0) is 49.6 Å². The van der Waals surface area contributed by atoms with E-state index in [4.69, 9.17) is 4.74 Å². The topological polar surface area (TPSA) is 58.6 Å². The van der Waals surface area contributed by atoms with Crippen molar-refractivity contribution in [3.8, 4) is 5.75 Å². The van der Waals surface area contributed by atoms with Crippen LogP contribution in [0.25, 0.3) is 0 Å². The minimum Gasteiger partial charge on any atom is -0.497 e. The number of methoxy groups -OCH3 is 1. The highest BCUT2D eigenvalue weighted by atomic mass is 32.2. The molecule has 0 bridgehead atoms. The van der Waals surface area contributed by atoms with Gasteiger partial charge >= 0.3 is 0 Å². The monoisotopic (exact) mass is 442 g/mol. The van der Waals surface area contributed by atoms with Gasteiger partial charge in [-0.2, -0.15) is 0 Å². The van der Waals surface area contributed by atoms with Crippen LogP contribution < -0.4 is 10.1 Å². The van der Waals surface area contributed by atoms with Crippen LogP contribution in [0.1, 0.15) is 45.6 Å². The van der Waals surface area contributed by atoms with Gasteiger partial charge in [-0.3, -0.25) is 9.59 Å². The molecule has 2 rings (SSSR count). The van der Waals surface area contributed by atoms with E-state index in [9.17, 15) is 9.59 Å². The van der Waals surface area contributed by atoms with E-state index in [1.54, 1.807) is 23.8 Å². The van der Waals surface area contributed by atoms with Crippen molar-refractivity contribution < 1.29 is 14.3 Å². The van der Waals surface area contributed by atoms with Crippen LogP contribution in [0, 0.1) is 0 Å². The van der Waals surface area contributed by atoms with Crippen LogP contribution in [0.15, 0.2) is 59.5 Å². The molecule has 5 nitrogen and oxygen atoms in total. The number of hydrogen-bond donors (Lipinski definition) is 1. The van der Waals surface area contributed by atoms with Crippen molar-refractivity contribution in [3.05, 3.63) is 60.2 Å². The average molecular weight is 443 g/mol. The van der Waals surface area contributed by atoms with Crippen molar-refractivity contribution >= 4 is 23.6 Å². The molecule has 0 unspecified atom stereocenters. The normalized spacial score (nSPS) is 12.6. The van der Waals surface area contributed by atoms with E-state index in [0.717, 1.165) is 22.6 Å². The summed E-state index contributed by atoms with van der Waals surface area (Å²) in [5.74, 6) is 1.30. The van der Waals surface area contributed by atoms with Crippen LogP contribution in [-0.2, 0) is 16.1 Å². The van der Waals surface area contributed by atoms with Gasteiger partial charge in [-0.25, -0.2) is 0 Å². The molecule has 0 aliphatic heterocycles. The lowest BCUT2D eigenvalue weighted by atomic mass is 10.1. The number of rotatable bonds is 12. The molecule has 0 saturated heterocycles. The number of nitrogens with one attached hydrogen (secondary N) is 1. The minimum absolute atomic E-state index is 0.0163. The van der Waals surface area contributed by atoms with Gasteiger partial charge in [0.15, 0.2) is 0 Å². The molecule has 2 amide bonds. The zero-order valence-electron chi connectivity index (χ0n) is 19.0. The number of nitrogens with zero attached hydrogens (tertiary/aromatic N) is 1. The molecule has 6 heteroatoms. The van der Waals surface area contributed by atoms with Gasteiger partial charge in [0.25, 0.3) is 0 Å². The Balaban J connectivity index is 2.16. The first-order valence-electron chi connectivity index (χ1n) is 10.9. The Hall–Kier alpha value is -2.47. The number of benzene rings is 2. The van der Waals surface area contributed by atoms with Crippen LogP contribution in [0.2, 0.25) is 0 Å². The Kier molecular flexibility index (Phi) is 10.4. The van der Waals surface area contributed by atoms with Gasteiger partial charge in [0.2, 0.25) is 11.8 Å². The molecule has 0 fully saturated rings. The molecule has 168 valence electrons. The summed E-state index contributed by atoms with van der Waals surface area (Å²) in [7, 11) is 1.62. The Bertz CT molecular complexity index is 829. The molecule has 2 aromatic carbocycles. The smallest absolute Gasteiger partial charge is 0.243 e. The summed E-state index contributed by atoms with van der Waals surface area (Å²) < 4.78 is 5.33. The first-order chi connectivity index (χ1) is 15.0. The zero-order chi connectivity index (χ0) is 22.6. The van der Waals surface area contributed by atoms with Gasteiger partial charge in [-0.1, -0.05) is 44.2 Å². The molecular formula is C25H34N2O3S. The summed E-state index contributed by atoms with van der Waals surface area (Å²) in [6.07, 6.45) is 1.78. The van der Waals surface area contributed by atoms with Crippen LogP contribution in [0.5, 0.6) is 5.75 Å². The third kappa shape index (κ3) is 7.94. The zero-order valence-corrected chi connectivity index (χ0v) is 19.8. The summed E-state index contributed by atoms with van der Waals surface area (Å²) in [4.78, 5) is 29.1. The Morgan fingerprint density at radius 1 is 1.06 bits per heavy atom. The van der Waals surface area contributed by atoms with Crippen LogP contribution in [-0.4, -0.2) is 41.7 Å². The molecule has 31 heavy (non-hydrogen) atoms. The quantitative estimate of drug-likeness (QED) is 0.475. The highest BCUT2D eigenvalue weighted by molar-refractivity contribution is 7.99. The van der Waals surface area contributed by atoms with Crippen LogP contribution in [0.3, 0.4) is 0 Å². The van der Waals surface area contributed by atoms with E-state index in [1.165, 1.54) is 0 Å². The fourth-order valence-electron chi connectivity index (χ4n) is 3.24. The van der Waals surface area contributed by atoms with E-state index in [1.807, 2.05) is 75.4 Å². The number of carbonyl (C=O) groups is 2. The number of thioether (sulfide) groups is 1. The second-order valence-corrected chi connectivity index (χ2v) is 8.69. The van der Waals surface area contributed by atoms with Crippen LogP contribution >= 0.6 is 11.8 Å². The molecular weight excluding hydrogens is 408 g/mol. The van der Waals surface area contributed by atoms with Gasteiger partial charge in [0.1, 0.15) is 11.8 Å². The maximum absolute atomic E-state index is 13.3. The maximum atomic E-state index is 13.3. The molecule has 2 atom stereocenters. The molecule has 0 radical (unpaired) electrons. The molecule has 0 heterocycles. The first-order valence-corrected chi connectivity index (χ1v) is 11.9. The summed E-state index contributed by atoms with van der Waals surface area (Å²) in [5.41, 5.74) is 0.943. The lowest BCUT2D eigenvalue weighted by Gasteiger charge is -2.31. The largest absolute Gasteiger partial charge is 0.497 e. The predicted molar refractivity (Wildman–Crippen MR) is 127 cm³/mol. The second-order valence-electron chi connectivity index (χ2n) is 7.53. The van der Waals surface area contributed by atoms with E-state index >= 15 is 0 Å². The highest BCUT2D eigenvalue weighted by Crippen LogP contribution is 2.21. The van der Waals surface area contributed by atoms with Gasteiger partial charge in [-0.15, -0.1) is 11.8 Å². The molecule has 0 saturated carbocycles. The maximum Gasteiger partial charge on any atom is 0.243 e. The molecule has 2 aromatic rings. The number of hydrogen-bond acceptors (Lipinski definition) is 4. The lowest BCUT2D eigenvalue weighted by Crippen LogP contribution is -2.50. The van der Waals surface area contributed by atoms with E-state index in [-0.39, 0.29) is 17.9 Å². The molecule has 0 aromatic heterocycles. The van der Waals surface area contributed by atoms with E-state index < -0.39 is 6.04 Å². The summed E-state index contributed by atoms with van der Waals surface area (Å²) in [6.45, 7) is 6.34. The second kappa shape index (κ2) is 13.1. The van der Waals surface area contributed by atoms with Crippen molar-refractivity contribution in [3.63, 3.8) is 0 Å². The van der Waals surface area contributed by atoms with Crippen molar-refractivity contribution in [1.82, 2.24) is 10.2 Å². The SMILES string of the molecule is CC[C@H](C(=O)N[C@@H](C)CC)N(Cc1cccc(OC)c1)C(=O)CCSc1ccccc1. The highest BCUT2D eigenvalue weighted by Gasteiger charge is 2.29. The van der Waals surface area contributed by atoms with E-state index in [0.29, 0.717) is 25.1 Å². The Labute approximate surface area is 190 Å². The third-order valence-corrected chi connectivity index (χ3v) is 6.22. The number of carbonyl (C=O) groups excluding carboxylic acids is 2. The van der Waals surface area contributed by atoms with E-state index in [2.05, 4.69) is 5.32 Å². The fraction of sp³-hybridized carbons (Fsp3) is 0.440. The Morgan fingerprint density at radius 3 is 2.45 bits per heavy atom. The first kappa shape index (κ1) is 24.8. The number of amides is 2. The standard InChI is InChI=1S/C25H34N2O3S/c1-5-19(3)26-25(29)23(6-2)27(18-20-11-10-12-21(17-20)30-4)24(28)15-16-31-22-13-8-7-9-14-22/h7-14,17,19,23H,5-6,15-16,18H2,1-4H3,(H,26,29)/t19-,23+/m0/s1. The van der Waals surface area contributed by atoms with Gasteiger partial charge in [0.05, 0.1) is 7.11 Å². The van der Waals surface area contributed by atoms with Gasteiger partial charge < -0.3 is 15.0 Å². The van der Waals surface area contributed by atoms with Crippen molar-refractivity contribution in [2.75, 3.05) is 12.9 Å². The van der Waals surface area contributed by atoms with Crippen molar-refractivity contribution in [1.29, 1.82) is 0 Å². The Morgan fingerprint density at radius 2 is 1.81 bits per heavy atom. The third-order valence-electron chi connectivity index (χ3n) is 5.20. The van der Waals surface area contributed by atoms with Gasteiger partial charge in [0, 0.05) is 29.7 Å². The fourth-order valence-corrected chi connectivity index (χ4v) is 4.11. The number of ether oxygens (including phenoxy) is 1. The predicted octanol–water partition coefficient (Wildman–Crippen LogP) is 4.90. The molecule has 0 aliphatic rings. The average Bonchev–Trinajstić information content (AvgIpc) is 2.79.